The lowest BCUT2D eigenvalue weighted by molar-refractivity contribution is 0.194. The smallest absolute Gasteiger partial charge is 0.321 e. The molecule has 0 atom stereocenters. The lowest BCUT2D eigenvalue weighted by Crippen LogP contribution is -2.40. The van der Waals surface area contributed by atoms with Gasteiger partial charge in [-0.2, -0.15) is 0 Å². The van der Waals surface area contributed by atoms with Gasteiger partial charge in [0, 0.05) is 24.0 Å². The van der Waals surface area contributed by atoms with Crippen LogP contribution in [0.1, 0.15) is 23.8 Å². The Kier molecular flexibility index (Phi) is 5.50. The second-order valence-electron chi connectivity index (χ2n) is 6.46. The number of halogens is 1. The van der Waals surface area contributed by atoms with Crippen molar-refractivity contribution in [3.63, 3.8) is 0 Å². The molecule has 0 spiro atoms. The predicted octanol–water partition coefficient (Wildman–Crippen LogP) is 4.87. The summed E-state index contributed by atoms with van der Waals surface area (Å²) >= 11 is 7.58. The third-order valence-electron chi connectivity index (χ3n) is 4.71. The SMILES string of the molecule is COc1ccc(Cl)cc1NC(=O)N1CCC(c2nnc(-c3ccco3)s2)CC1. The quantitative estimate of drug-likeness (QED) is 0.653. The molecule has 0 aliphatic carbocycles. The number of anilines is 1. The first-order chi connectivity index (χ1) is 13.6. The molecular formula is C19H19ClN4O3S. The standard InChI is InChI=1S/C19H19ClN4O3S/c1-26-15-5-4-13(20)11-14(15)21-19(25)24-8-6-12(7-9-24)17-22-23-18(28-17)16-3-2-10-27-16/h2-5,10-12H,6-9H2,1H3,(H,21,25). The van der Waals surface area contributed by atoms with Crippen molar-refractivity contribution in [2.45, 2.75) is 18.8 Å². The summed E-state index contributed by atoms with van der Waals surface area (Å²) in [5.74, 6) is 1.61. The molecule has 9 heteroatoms. The Balaban J connectivity index is 1.36. The Morgan fingerprint density at radius 2 is 2.14 bits per heavy atom. The molecule has 2 aromatic heterocycles. The Hall–Kier alpha value is -2.58. The first-order valence-electron chi connectivity index (χ1n) is 8.91. The highest BCUT2D eigenvalue weighted by Gasteiger charge is 2.27. The third kappa shape index (κ3) is 3.98. The monoisotopic (exact) mass is 418 g/mol. The van der Waals surface area contributed by atoms with Gasteiger partial charge in [-0.3, -0.25) is 0 Å². The van der Waals surface area contributed by atoms with Crippen molar-refractivity contribution < 1.29 is 13.9 Å². The summed E-state index contributed by atoms with van der Waals surface area (Å²) in [7, 11) is 1.56. The van der Waals surface area contributed by atoms with Gasteiger partial charge in [-0.25, -0.2) is 4.79 Å². The molecule has 146 valence electrons. The summed E-state index contributed by atoms with van der Waals surface area (Å²) < 4.78 is 10.7. The lowest BCUT2D eigenvalue weighted by Gasteiger charge is -2.31. The van der Waals surface area contributed by atoms with Crippen LogP contribution >= 0.6 is 22.9 Å². The summed E-state index contributed by atoms with van der Waals surface area (Å²) in [6.45, 7) is 1.30. The first-order valence-corrected chi connectivity index (χ1v) is 10.1. The average molecular weight is 419 g/mol. The molecule has 1 aliphatic rings. The van der Waals surface area contributed by atoms with Crippen molar-refractivity contribution in [2.75, 3.05) is 25.5 Å². The number of nitrogens with zero attached hydrogens (tertiary/aromatic N) is 3. The largest absolute Gasteiger partial charge is 0.495 e. The summed E-state index contributed by atoms with van der Waals surface area (Å²) in [5, 5.41) is 13.8. The first kappa shape index (κ1) is 18.8. The molecule has 0 unspecified atom stereocenters. The molecule has 0 saturated carbocycles. The second kappa shape index (κ2) is 8.20. The zero-order chi connectivity index (χ0) is 19.5. The topological polar surface area (TPSA) is 80.5 Å². The third-order valence-corrected chi connectivity index (χ3v) is 6.04. The maximum Gasteiger partial charge on any atom is 0.321 e. The van der Waals surface area contributed by atoms with Crippen LogP contribution in [0.15, 0.2) is 41.0 Å². The van der Waals surface area contributed by atoms with Crippen LogP contribution in [0.25, 0.3) is 10.8 Å². The van der Waals surface area contributed by atoms with Crippen molar-refractivity contribution in [1.82, 2.24) is 15.1 Å². The van der Waals surface area contributed by atoms with Gasteiger partial charge in [-0.05, 0) is 43.2 Å². The van der Waals surface area contributed by atoms with Gasteiger partial charge in [0.25, 0.3) is 0 Å². The van der Waals surface area contributed by atoms with Crippen LogP contribution in [0.3, 0.4) is 0 Å². The van der Waals surface area contributed by atoms with E-state index < -0.39 is 0 Å². The summed E-state index contributed by atoms with van der Waals surface area (Å²) in [6, 6.07) is 8.69. The van der Waals surface area contributed by atoms with E-state index in [9.17, 15) is 4.79 Å². The predicted molar refractivity (Wildman–Crippen MR) is 108 cm³/mol. The molecule has 1 saturated heterocycles. The number of hydrogen-bond donors (Lipinski definition) is 1. The number of urea groups is 1. The normalized spacial score (nSPS) is 14.9. The fourth-order valence-electron chi connectivity index (χ4n) is 3.20. The number of amides is 2. The minimum absolute atomic E-state index is 0.160. The van der Waals surface area contributed by atoms with E-state index in [2.05, 4.69) is 15.5 Å². The van der Waals surface area contributed by atoms with E-state index >= 15 is 0 Å². The number of likely N-dealkylation sites (tertiary alicyclic amines) is 1. The van der Waals surface area contributed by atoms with Crippen molar-refractivity contribution in [2.24, 2.45) is 0 Å². The number of nitrogens with one attached hydrogen (secondary N) is 1. The number of carbonyl (C=O) groups excluding carboxylic acids is 1. The molecule has 7 nitrogen and oxygen atoms in total. The number of piperidine rings is 1. The Labute approximate surface area is 171 Å². The molecule has 0 radical (unpaired) electrons. The van der Waals surface area contributed by atoms with Crippen LogP contribution < -0.4 is 10.1 Å². The minimum atomic E-state index is -0.160. The molecule has 0 bridgehead atoms. The number of benzene rings is 1. The van der Waals surface area contributed by atoms with Gasteiger partial charge in [0.15, 0.2) is 10.8 Å². The number of methoxy groups -OCH3 is 1. The van der Waals surface area contributed by atoms with Crippen LogP contribution in [-0.4, -0.2) is 41.3 Å². The molecule has 1 aliphatic heterocycles. The van der Waals surface area contributed by atoms with Gasteiger partial charge in [0.2, 0.25) is 0 Å². The summed E-state index contributed by atoms with van der Waals surface area (Å²) in [6.07, 6.45) is 3.31. The van der Waals surface area contributed by atoms with Gasteiger partial charge in [-0.15, -0.1) is 10.2 Å². The van der Waals surface area contributed by atoms with Crippen molar-refractivity contribution >= 4 is 34.7 Å². The van der Waals surface area contributed by atoms with Crippen molar-refractivity contribution in [3.8, 4) is 16.5 Å². The lowest BCUT2D eigenvalue weighted by atomic mass is 9.98. The van der Waals surface area contributed by atoms with E-state index in [0.29, 0.717) is 35.5 Å². The number of furan rings is 1. The maximum atomic E-state index is 12.6. The molecule has 2 amide bonds. The molecule has 1 fully saturated rings. The zero-order valence-electron chi connectivity index (χ0n) is 15.2. The van der Waals surface area contributed by atoms with E-state index in [1.54, 1.807) is 47.8 Å². The highest BCUT2D eigenvalue weighted by molar-refractivity contribution is 7.14. The van der Waals surface area contributed by atoms with Gasteiger partial charge < -0.3 is 19.4 Å². The number of carbonyl (C=O) groups is 1. The van der Waals surface area contributed by atoms with Crippen LogP contribution in [0, 0.1) is 0 Å². The highest BCUT2D eigenvalue weighted by Crippen LogP contribution is 2.34. The Morgan fingerprint density at radius 3 is 2.86 bits per heavy atom. The minimum Gasteiger partial charge on any atom is -0.495 e. The van der Waals surface area contributed by atoms with Gasteiger partial charge >= 0.3 is 6.03 Å². The van der Waals surface area contributed by atoms with Crippen LogP contribution in [0.5, 0.6) is 5.75 Å². The molecule has 28 heavy (non-hydrogen) atoms. The fourth-order valence-corrected chi connectivity index (χ4v) is 4.35. The maximum absolute atomic E-state index is 12.6. The van der Waals surface area contributed by atoms with Crippen LogP contribution in [0.4, 0.5) is 10.5 Å². The number of rotatable bonds is 4. The number of aromatic nitrogens is 2. The molecule has 3 aromatic rings. The Bertz CT molecular complexity index is 952. The van der Waals surface area contributed by atoms with Gasteiger partial charge in [0.05, 0.1) is 19.1 Å². The Morgan fingerprint density at radius 1 is 1.32 bits per heavy atom. The molecular weight excluding hydrogens is 400 g/mol. The summed E-state index contributed by atoms with van der Waals surface area (Å²) in [4.78, 5) is 14.4. The molecule has 1 aromatic carbocycles. The van der Waals surface area contributed by atoms with Gasteiger partial charge in [0.1, 0.15) is 10.8 Å². The molecule has 1 N–H and O–H groups in total. The molecule has 4 rings (SSSR count). The average Bonchev–Trinajstić information content (AvgIpc) is 3.40. The van der Waals surface area contributed by atoms with Crippen LogP contribution in [-0.2, 0) is 0 Å². The fraction of sp³-hybridized carbons (Fsp3) is 0.316. The van der Waals surface area contributed by atoms with E-state index in [1.165, 1.54) is 0 Å². The van der Waals surface area contributed by atoms with Crippen LogP contribution in [0.2, 0.25) is 5.02 Å². The van der Waals surface area contributed by atoms with E-state index in [4.69, 9.17) is 20.8 Å². The molecule has 3 heterocycles. The highest BCUT2D eigenvalue weighted by atomic mass is 35.5. The van der Waals surface area contributed by atoms with Gasteiger partial charge in [-0.1, -0.05) is 22.9 Å². The van der Waals surface area contributed by atoms with Crippen molar-refractivity contribution in [3.05, 3.63) is 46.6 Å². The second-order valence-corrected chi connectivity index (χ2v) is 7.90. The number of hydrogen-bond acceptors (Lipinski definition) is 6. The van der Waals surface area contributed by atoms with E-state index in [1.807, 2.05) is 12.1 Å². The van der Waals surface area contributed by atoms with E-state index in [0.717, 1.165) is 28.6 Å². The van der Waals surface area contributed by atoms with Crippen molar-refractivity contribution in [1.29, 1.82) is 0 Å². The van der Waals surface area contributed by atoms with E-state index in [-0.39, 0.29) is 6.03 Å². The number of ether oxygens (including phenoxy) is 1. The zero-order valence-corrected chi connectivity index (χ0v) is 16.8. The summed E-state index contributed by atoms with van der Waals surface area (Å²) in [5.41, 5.74) is 0.564.